The van der Waals surface area contributed by atoms with Gasteiger partial charge in [0.25, 0.3) is 11.1 Å². The second kappa shape index (κ2) is 7.41. The van der Waals surface area contributed by atoms with Gasteiger partial charge in [-0.05, 0) is 44.0 Å². The fraction of sp³-hybridized carbons (Fsp3) is 0.208. The Morgan fingerprint density at radius 2 is 1.59 bits per heavy atom. The van der Waals surface area contributed by atoms with Crippen LogP contribution in [0.4, 0.5) is 11.4 Å². The molecule has 1 saturated carbocycles. The van der Waals surface area contributed by atoms with E-state index in [1.165, 1.54) is 13.7 Å². The number of rotatable bonds is 4. The SMILES string of the molecule is Bc1ccc(-n2c(=O)n(C3CC3)c(=O)c3c(Nc4ccccc4)c(C)c(=O)n(C)c32)cc1. The van der Waals surface area contributed by atoms with Gasteiger partial charge in [-0.15, -0.1) is 0 Å². The Morgan fingerprint density at radius 3 is 2.22 bits per heavy atom. The van der Waals surface area contributed by atoms with Crippen molar-refractivity contribution in [2.75, 3.05) is 5.32 Å². The number of nitrogens with one attached hydrogen (secondary N) is 1. The van der Waals surface area contributed by atoms with Crippen molar-refractivity contribution in [3.8, 4) is 5.69 Å². The van der Waals surface area contributed by atoms with E-state index >= 15 is 0 Å². The van der Waals surface area contributed by atoms with E-state index in [1.54, 1.807) is 14.0 Å². The second-order valence-corrected chi connectivity index (χ2v) is 8.41. The largest absolute Gasteiger partial charge is 0.354 e. The van der Waals surface area contributed by atoms with Crippen molar-refractivity contribution in [1.82, 2.24) is 13.7 Å². The van der Waals surface area contributed by atoms with Crippen LogP contribution in [-0.4, -0.2) is 21.5 Å². The number of aromatic nitrogens is 3. The Bertz CT molecular complexity index is 1530. The molecule has 0 unspecified atom stereocenters. The van der Waals surface area contributed by atoms with Crippen molar-refractivity contribution < 1.29 is 0 Å². The quantitative estimate of drug-likeness (QED) is 0.502. The van der Waals surface area contributed by atoms with Crippen LogP contribution in [0.15, 0.2) is 69.0 Å². The summed E-state index contributed by atoms with van der Waals surface area (Å²) in [5.41, 5.74) is 2.53. The Balaban J connectivity index is 1.96. The lowest BCUT2D eigenvalue weighted by molar-refractivity contribution is 0.637. The Morgan fingerprint density at radius 1 is 0.938 bits per heavy atom. The normalized spacial score (nSPS) is 13.4. The van der Waals surface area contributed by atoms with Crippen LogP contribution >= 0.6 is 0 Å². The van der Waals surface area contributed by atoms with Crippen LogP contribution < -0.4 is 27.6 Å². The molecule has 7 nitrogen and oxygen atoms in total. The van der Waals surface area contributed by atoms with Gasteiger partial charge in [-0.25, -0.2) is 9.36 Å². The summed E-state index contributed by atoms with van der Waals surface area (Å²) in [5.74, 6) is 0. The molecule has 1 aliphatic rings. The highest BCUT2D eigenvalue weighted by Crippen LogP contribution is 2.34. The van der Waals surface area contributed by atoms with E-state index in [9.17, 15) is 14.4 Å². The smallest absolute Gasteiger partial charge is 0.337 e. The molecule has 0 bridgehead atoms. The van der Waals surface area contributed by atoms with Gasteiger partial charge in [0, 0.05) is 24.3 Å². The maximum Gasteiger partial charge on any atom is 0.337 e. The first-order valence-electron chi connectivity index (χ1n) is 10.7. The highest BCUT2D eigenvalue weighted by atomic mass is 16.2. The van der Waals surface area contributed by atoms with Crippen LogP contribution in [0.5, 0.6) is 0 Å². The zero-order valence-corrected chi connectivity index (χ0v) is 18.3. The summed E-state index contributed by atoms with van der Waals surface area (Å²) in [6.45, 7) is 1.70. The first kappa shape index (κ1) is 20.1. The fourth-order valence-electron chi connectivity index (χ4n) is 4.20. The van der Waals surface area contributed by atoms with Crippen molar-refractivity contribution in [3.05, 3.63) is 91.4 Å². The monoisotopic (exact) mass is 426 g/mol. The molecule has 2 aromatic carbocycles. The van der Waals surface area contributed by atoms with E-state index in [1.807, 2.05) is 62.4 Å². The third kappa shape index (κ3) is 3.10. The minimum absolute atomic E-state index is 0.113. The molecule has 0 amide bonds. The molecule has 5 rings (SSSR count). The number of hydrogen-bond acceptors (Lipinski definition) is 4. The van der Waals surface area contributed by atoms with Gasteiger partial charge in [0.1, 0.15) is 18.9 Å². The molecular formula is C24H23BN4O3. The van der Waals surface area contributed by atoms with Gasteiger partial charge in [-0.1, -0.05) is 35.8 Å². The molecule has 0 spiro atoms. The molecule has 1 aliphatic carbocycles. The third-order valence-corrected chi connectivity index (χ3v) is 6.08. The highest BCUT2D eigenvalue weighted by Gasteiger charge is 2.31. The van der Waals surface area contributed by atoms with Crippen LogP contribution in [0.2, 0.25) is 0 Å². The minimum atomic E-state index is -0.418. The number of nitrogens with zero attached hydrogens (tertiary/aromatic N) is 3. The summed E-state index contributed by atoms with van der Waals surface area (Å²) < 4.78 is 4.24. The predicted octanol–water partition coefficient (Wildman–Crippen LogP) is 1.50. The zero-order valence-electron chi connectivity index (χ0n) is 18.3. The van der Waals surface area contributed by atoms with Gasteiger partial charge in [0.05, 0.1) is 11.4 Å². The molecule has 2 heterocycles. The summed E-state index contributed by atoms with van der Waals surface area (Å²) in [6, 6.07) is 16.8. The average molecular weight is 426 g/mol. The molecule has 160 valence electrons. The van der Waals surface area contributed by atoms with E-state index in [-0.39, 0.29) is 22.8 Å². The van der Waals surface area contributed by atoms with Gasteiger partial charge in [-0.3, -0.25) is 18.7 Å². The summed E-state index contributed by atoms with van der Waals surface area (Å²) >= 11 is 0. The van der Waals surface area contributed by atoms with Crippen LogP contribution in [-0.2, 0) is 7.05 Å². The summed E-state index contributed by atoms with van der Waals surface area (Å²) in [5, 5.41) is 3.61. The Labute approximate surface area is 185 Å². The van der Waals surface area contributed by atoms with Crippen LogP contribution in [0, 0.1) is 6.92 Å². The van der Waals surface area contributed by atoms with Gasteiger partial charge < -0.3 is 5.32 Å². The van der Waals surface area contributed by atoms with Gasteiger partial charge >= 0.3 is 5.69 Å². The number of pyridine rings is 1. The summed E-state index contributed by atoms with van der Waals surface area (Å²) in [4.78, 5) is 40.5. The van der Waals surface area contributed by atoms with Crippen LogP contribution in [0.3, 0.4) is 0 Å². The molecule has 0 saturated heterocycles. The third-order valence-electron chi connectivity index (χ3n) is 6.08. The number of aryl methyl sites for hydroxylation is 1. The average Bonchev–Trinajstić information content (AvgIpc) is 3.62. The van der Waals surface area contributed by atoms with Crippen molar-refractivity contribution in [2.45, 2.75) is 25.8 Å². The first-order valence-corrected chi connectivity index (χ1v) is 10.7. The van der Waals surface area contributed by atoms with Gasteiger partial charge in [-0.2, -0.15) is 0 Å². The molecule has 0 aliphatic heterocycles. The Hall–Kier alpha value is -3.81. The lowest BCUT2D eigenvalue weighted by Crippen LogP contribution is -2.41. The molecular weight excluding hydrogens is 403 g/mol. The first-order chi connectivity index (χ1) is 15.4. The standard InChI is InChI=1S/C24H23BN4O3/c1-14-20(26-16-6-4-3-5-7-16)19-21(27(2)22(14)30)28(17-10-8-15(25)9-11-17)24(32)29(23(19)31)18-12-13-18/h3-11,18,26H,12-13,25H2,1-2H3. The van der Waals surface area contributed by atoms with Crippen molar-refractivity contribution in [2.24, 2.45) is 7.05 Å². The topological polar surface area (TPSA) is 78.0 Å². The maximum absolute atomic E-state index is 13.7. The zero-order chi connectivity index (χ0) is 22.6. The van der Waals surface area contributed by atoms with Gasteiger partial charge in [0.15, 0.2) is 0 Å². The molecule has 8 heteroatoms. The molecule has 0 radical (unpaired) electrons. The van der Waals surface area contributed by atoms with Gasteiger partial charge in [0.2, 0.25) is 0 Å². The molecule has 32 heavy (non-hydrogen) atoms. The number of anilines is 2. The fourth-order valence-corrected chi connectivity index (χ4v) is 4.20. The minimum Gasteiger partial charge on any atom is -0.354 e. The van der Waals surface area contributed by atoms with E-state index in [2.05, 4.69) is 5.32 Å². The number of benzene rings is 2. The summed E-state index contributed by atoms with van der Waals surface area (Å²) in [7, 11) is 3.58. The van der Waals surface area contributed by atoms with Crippen LogP contribution in [0.1, 0.15) is 24.4 Å². The van der Waals surface area contributed by atoms with Crippen molar-refractivity contribution in [3.63, 3.8) is 0 Å². The lowest BCUT2D eigenvalue weighted by Gasteiger charge is -2.20. The van der Waals surface area contributed by atoms with Crippen LogP contribution in [0.25, 0.3) is 16.7 Å². The number of para-hydroxylation sites is 1. The van der Waals surface area contributed by atoms with E-state index < -0.39 is 5.69 Å². The molecule has 0 atom stereocenters. The molecule has 1 fully saturated rings. The molecule has 1 N–H and O–H groups in total. The number of hydrogen-bond donors (Lipinski definition) is 1. The highest BCUT2D eigenvalue weighted by molar-refractivity contribution is 6.32. The van der Waals surface area contributed by atoms with Crippen molar-refractivity contribution >= 4 is 35.7 Å². The number of fused-ring (bicyclic) bond motifs is 1. The van der Waals surface area contributed by atoms with Crippen molar-refractivity contribution in [1.29, 1.82) is 0 Å². The molecule has 2 aromatic heterocycles. The van der Waals surface area contributed by atoms with E-state index in [4.69, 9.17) is 0 Å². The van der Waals surface area contributed by atoms with E-state index in [0.717, 1.165) is 24.0 Å². The summed E-state index contributed by atoms with van der Waals surface area (Å²) in [6.07, 6.45) is 1.58. The second-order valence-electron chi connectivity index (χ2n) is 8.41. The Kier molecular flexibility index (Phi) is 4.66. The molecule has 4 aromatic rings. The lowest BCUT2D eigenvalue weighted by atomic mass is 9.96. The predicted molar refractivity (Wildman–Crippen MR) is 130 cm³/mol. The van der Waals surface area contributed by atoms with E-state index in [0.29, 0.717) is 22.3 Å². The maximum atomic E-state index is 13.7.